The summed E-state index contributed by atoms with van der Waals surface area (Å²) in [7, 11) is 0. The maximum absolute atomic E-state index is 5.80. The van der Waals surface area contributed by atoms with Crippen LogP contribution in [0.3, 0.4) is 0 Å². The van der Waals surface area contributed by atoms with Gasteiger partial charge in [-0.25, -0.2) is 0 Å². The molecule has 1 saturated carbocycles. The fourth-order valence-electron chi connectivity index (χ4n) is 1.70. The molecule has 2 atom stereocenters. The maximum atomic E-state index is 5.80. The summed E-state index contributed by atoms with van der Waals surface area (Å²) >= 11 is 0. The van der Waals surface area contributed by atoms with E-state index in [9.17, 15) is 0 Å². The Labute approximate surface area is 57.6 Å². The van der Waals surface area contributed by atoms with Crippen LogP contribution in [-0.2, 0) is 0 Å². The lowest BCUT2D eigenvalue weighted by molar-refractivity contribution is 0.315. The predicted octanol–water partition coefficient (Wildman–Crippen LogP) is 1.91. The third-order valence-corrected chi connectivity index (χ3v) is 2.40. The molecular formula is C8H17N. The molecular weight excluding hydrogens is 110 g/mol. The summed E-state index contributed by atoms with van der Waals surface area (Å²) in [6, 6.07) is 0.517. The van der Waals surface area contributed by atoms with Gasteiger partial charge in [-0.3, -0.25) is 0 Å². The van der Waals surface area contributed by atoms with E-state index in [0.717, 1.165) is 5.92 Å². The van der Waals surface area contributed by atoms with Crippen LogP contribution < -0.4 is 5.73 Å². The van der Waals surface area contributed by atoms with Crippen molar-refractivity contribution in [1.29, 1.82) is 0 Å². The molecule has 0 saturated heterocycles. The second-order valence-corrected chi connectivity index (χ2v) is 3.20. The predicted molar refractivity (Wildman–Crippen MR) is 40.2 cm³/mol. The average molecular weight is 127 g/mol. The SMILES string of the molecule is CC[C@@H]1CCC[C@@H](N)C1. The third kappa shape index (κ3) is 1.98. The molecule has 0 unspecified atom stereocenters. The van der Waals surface area contributed by atoms with Crippen molar-refractivity contribution in [3.8, 4) is 0 Å². The molecule has 2 N–H and O–H groups in total. The Morgan fingerprint density at radius 1 is 1.44 bits per heavy atom. The standard InChI is InChI=1S/C8H17N/c1-2-7-4-3-5-8(9)6-7/h7-8H,2-6,9H2,1H3/t7-,8-/m1/s1. The first-order valence-corrected chi connectivity index (χ1v) is 4.08. The monoisotopic (exact) mass is 127 g/mol. The highest BCUT2D eigenvalue weighted by atomic mass is 14.6. The zero-order valence-electron chi connectivity index (χ0n) is 6.27. The van der Waals surface area contributed by atoms with Crippen LogP contribution in [-0.4, -0.2) is 6.04 Å². The van der Waals surface area contributed by atoms with Crippen LogP contribution in [0.1, 0.15) is 39.0 Å². The van der Waals surface area contributed by atoms with Crippen molar-refractivity contribution in [1.82, 2.24) is 0 Å². The molecule has 1 fully saturated rings. The number of hydrogen-bond acceptors (Lipinski definition) is 1. The van der Waals surface area contributed by atoms with Gasteiger partial charge in [-0.1, -0.05) is 26.2 Å². The molecule has 0 aromatic heterocycles. The summed E-state index contributed by atoms with van der Waals surface area (Å²) in [5.74, 6) is 0.939. The summed E-state index contributed by atoms with van der Waals surface area (Å²) in [6.07, 6.45) is 6.64. The molecule has 0 spiro atoms. The van der Waals surface area contributed by atoms with Crippen LogP contribution in [0.2, 0.25) is 0 Å². The van der Waals surface area contributed by atoms with Gasteiger partial charge in [0, 0.05) is 6.04 Å². The van der Waals surface area contributed by atoms with Gasteiger partial charge in [0.1, 0.15) is 0 Å². The van der Waals surface area contributed by atoms with Gasteiger partial charge in [0.05, 0.1) is 0 Å². The van der Waals surface area contributed by atoms with E-state index in [1.54, 1.807) is 0 Å². The van der Waals surface area contributed by atoms with Crippen LogP contribution in [0.5, 0.6) is 0 Å². The van der Waals surface area contributed by atoms with Gasteiger partial charge in [-0.2, -0.15) is 0 Å². The Bertz CT molecular complexity index is 80.6. The molecule has 0 radical (unpaired) electrons. The Kier molecular flexibility index (Phi) is 2.52. The van der Waals surface area contributed by atoms with Crippen LogP contribution in [0, 0.1) is 5.92 Å². The van der Waals surface area contributed by atoms with E-state index in [1.165, 1.54) is 32.1 Å². The van der Waals surface area contributed by atoms with Crippen molar-refractivity contribution < 1.29 is 0 Å². The van der Waals surface area contributed by atoms with Crippen LogP contribution in [0.15, 0.2) is 0 Å². The lowest BCUT2D eigenvalue weighted by Crippen LogP contribution is -2.27. The molecule has 0 amide bonds. The quantitative estimate of drug-likeness (QED) is 0.572. The fraction of sp³-hybridized carbons (Fsp3) is 1.00. The molecule has 0 aromatic rings. The largest absolute Gasteiger partial charge is 0.328 e. The topological polar surface area (TPSA) is 26.0 Å². The Hall–Kier alpha value is -0.0400. The average Bonchev–Trinajstić information content (AvgIpc) is 1.88. The molecule has 0 heterocycles. The summed E-state index contributed by atoms with van der Waals surface area (Å²) in [5, 5.41) is 0. The molecule has 0 aliphatic heterocycles. The van der Waals surface area contributed by atoms with Crippen LogP contribution in [0.4, 0.5) is 0 Å². The van der Waals surface area contributed by atoms with Gasteiger partial charge in [0.25, 0.3) is 0 Å². The van der Waals surface area contributed by atoms with E-state index in [1.807, 2.05) is 0 Å². The normalized spacial score (nSPS) is 36.7. The minimum absolute atomic E-state index is 0.517. The van der Waals surface area contributed by atoms with Gasteiger partial charge in [-0.15, -0.1) is 0 Å². The molecule has 1 aliphatic carbocycles. The van der Waals surface area contributed by atoms with Crippen molar-refractivity contribution in [2.45, 2.75) is 45.1 Å². The number of nitrogens with two attached hydrogens (primary N) is 1. The Morgan fingerprint density at radius 2 is 2.22 bits per heavy atom. The van der Waals surface area contributed by atoms with Crippen molar-refractivity contribution in [2.24, 2.45) is 11.7 Å². The first-order chi connectivity index (χ1) is 4.33. The summed E-state index contributed by atoms with van der Waals surface area (Å²) in [5.41, 5.74) is 5.80. The molecule has 1 aliphatic rings. The van der Waals surface area contributed by atoms with Crippen molar-refractivity contribution >= 4 is 0 Å². The van der Waals surface area contributed by atoms with Crippen LogP contribution >= 0.6 is 0 Å². The van der Waals surface area contributed by atoms with E-state index < -0.39 is 0 Å². The van der Waals surface area contributed by atoms with Crippen molar-refractivity contribution in [2.75, 3.05) is 0 Å². The highest BCUT2D eigenvalue weighted by molar-refractivity contribution is 4.73. The molecule has 54 valence electrons. The molecule has 1 rings (SSSR count). The fourth-order valence-corrected chi connectivity index (χ4v) is 1.70. The lowest BCUT2D eigenvalue weighted by Gasteiger charge is -2.25. The molecule has 0 bridgehead atoms. The van der Waals surface area contributed by atoms with E-state index in [0.29, 0.717) is 6.04 Å². The van der Waals surface area contributed by atoms with E-state index in [-0.39, 0.29) is 0 Å². The second kappa shape index (κ2) is 3.21. The minimum Gasteiger partial charge on any atom is -0.328 e. The zero-order chi connectivity index (χ0) is 6.69. The van der Waals surface area contributed by atoms with E-state index in [2.05, 4.69) is 6.92 Å². The van der Waals surface area contributed by atoms with Crippen molar-refractivity contribution in [3.05, 3.63) is 0 Å². The second-order valence-electron chi connectivity index (χ2n) is 3.20. The minimum atomic E-state index is 0.517. The summed E-state index contributed by atoms with van der Waals surface area (Å²) in [6.45, 7) is 2.27. The van der Waals surface area contributed by atoms with Gasteiger partial charge >= 0.3 is 0 Å². The Balaban J connectivity index is 2.23. The van der Waals surface area contributed by atoms with Crippen molar-refractivity contribution in [3.63, 3.8) is 0 Å². The molecule has 9 heavy (non-hydrogen) atoms. The first kappa shape index (κ1) is 7.07. The molecule has 0 aromatic carbocycles. The summed E-state index contributed by atoms with van der Waals surface area (Å²) < 4.78 is 0. The van der Waals surface area contributed by atoms with Gasteiger partial charge in [0.15, 0.2) is 0 Å². The first-order valence-electron chi connectivity index (χ1n) is 4.08. The molecule has 1 heteroatoms. The third-order valence-electron chi connectivity index (χ3n) is 2.40. The van der Waals surface area contributed by atoms with E-state index in [4.69, 9.17) is 5.73 Å². The lowest BCUT2D eigenvalue weighted by atomic mass is 9.85. The smallest absolute Gasteiger partial charge is 0.00414 e. The van der Waals surface area contributed by atoms with Gasteiger partial charge < -0.3 is 5.73 Å². The van der Waals surface area contributed by atoms with Gasteiger partial charge in [-0.05, 0) is 18.8 Å². The highest BCUT2D eigenvalue weighted by Crippen LogP contribution is 2.24. The van der Waals surface area contributed by atoms with Crippen LogP contribution in [0.25, 0.3) is 0 Å². The highest BCUT2D eigenvalue weighted by Gasteiger charge is 2.16. The maximum Gasteiger partial charge on any atom is 0.00414 e. The molecule has 1 nitrogen and oxygen atoms in total. The summed E-state index contributed by atoms with van der Waals surface area (Å²) in [4.78, 5) is 0. The van der Waals surface area contributed by atoms with E-state index >= 15 is 0 Å². The number of hydrogen-bond donors (Lipinski definition) is 1. The zero-order valence-corrected chi connectivity index (χ0v) is 6.27. The van der Waals surface area contributed by atoms with Gasteiger partial charge in [0.2, 0.25) is 0 Å². The number of rotatable bonds is 1. The Morgan fingerprint density at radius 3 is 2.67 bits per heavy atom.